The number of thiophene rings is 1. The fourth-order valence-corrected chi connectivity index (χ4v) is 5.03. The predicted molar refractivity (Wildman–Crippen MR) is 130 cm³/mol. The summed E-state index contributed by atoms with van der Waals surface area (Å²) < 4.78 is 0. The van der Waals surface area contributed by atoms with Crippen LogP contribution in [0.3, 0.4) is 0 Å². The highest BCUT2D eigenvalue weighted by molar-refractivity contribution is 7.10. The van der Waals surface area contributed by atoms with E-state index in [9.17, 15) is 9.59 Å². The van der Waals surface area contributed by atoms with E-state index in [1.807, 2.05) is 38.1 Å². The van der Waals surface area contributed by atoms with Gasteiger partial charge in [-0.05, 0) is 38.0 Å². The molecule has 0 saturated carbocycles. The molecule has 1 fully saturated rings. The van der Waals surface area contributed by atoms with Gasteiger partial charge < -0.3 is 15.5 Å². The molecular weight excluding hydrogens is 422 g/mol. The van der Waals surface area contributed by atoms with Gasteiger partial charge in [0, 0.05) is 56.7 Å². The summed E-state index contributed by atoms with van der Waals surface area (Å²) in [5.74, 6) is -1.14. The van der Waals surface area contributed by atoms with Gasteiger partial charge in [-0.2, -0.15) is 0 Å². The number of nitrogens with zero attached hydrogens (tertiary/aromatic N) is 3. The van der Waals surface area contributed by atoms with Gasteiger partial charge in [0.15, 0.2) is 0 Å². The molecule has 1 aliphatic heterocycles. The van der Waals surface area contributed by atoms with Crippen molar-refractivity contribution in [1.29, 1.82) is 0 Å². The first kappa shape index (κ1) is 24.4. The molecule has 2 aromatic rings. The van der Waals surface area contributed by atoms with E-state index in [1.54, 1.807) is 11.3 Å². The molecule has 0 bridgehead atoms. The summed E-state index contributed by atoms with van der Waals surface area (Å²) in [6, 6.07) is 14.6. The standard InChI is InChI=1S/C24H35N5O2S/c1-19(26-24(31)23(30)25-11-12-27(2)3)22(21-10-7-17-32-21)29-15-13-28(14-16-29)18-20-8-5-4-6-9-20/h4-10,17,19,22H,11-16,18H2,1-3H3,(H,25,30)(H,26,31)/t19-,22-/m1/s1. The number of nitrogens with one attached hydrogen (secondary N) is 2. The second-order valence-electron chi connectivity index (χ2n) is 8.58. The van der Waals surface area contributed by atoms with Gasteiger partial charge >= 0.3 is 11.8 Å². The van der Waals surface area contributed by atoms with E-state index in [0.29, 0.717) is 13.1 Å². The van der Waals surface area contributed by atoms with Gasteiger partial charge in [-0.15, -0.1) is 11.3 Å². The largest absolute Gasteiger partial charge is 0.347 e. The van der Waals surface area contributed by atoms with Crippen molar-refractivity contribution in [3.8, 4) is 0 Å². The number of carbonyl (C=O) groups is 2. The van der Waals surface area contributed by atoms with E-state index in [1.165, 1.54) is 10.4 Å². The smallest absolute Gasteiger partial charge is 0.309 e. The Bertz CT molecular complexity index is 835. The lowest BCUT2D eigenvalue weighted by molar-refractivity contribution is -0.139. The molecule has 0 radical (unpaired) electrons. The Morgan fingerprint density at radius 1 is 1.03 bits per heavy atom. The third-order valence-corrected chi connectivity index (χ3v) is 6.71. The summed E-state index contributed by atoms with van der Waals surface area (Å²) in [4.78, 5) is 32.8. The quantitative estimate of drug-likeness (QED) is 0.562. The molecule has 0 aliphatic carbocycles. The zero-order valence-electron chi connectivity index (χ0n) is 19.3. The van der Waals surface area contributed by atoms with Gasteiger partial charge in [0.1, 0.15) is 0 Å². The van der Waals surface area contributed by atoms with E-state index in [4.69, 9.17) is 0 Å². The van der Waals surface area contributed by atoms with Crippen LogP contribution in [-0.2, 0) is 16.1 Å². The Morgan fingerprint density at radius 3 is 2.38 bits per heavy atom. The highest BCUT2D eigenvalue weighted by Crippen LogP contribution is 2.29. The van der Waals surface area contributed by atoms with E-state index < -0.39 is 11.8 Å². The Balaban J connectivity index is 1.57. The first-order valence-electron chi connectivity index (χ1n) is 11.2. The second kappa shape index (κ2) is 12.1. The number of carbonyl (C=O) groups excluding carboxylic acids is 2. The maximum absolute atomic E-state index is 12.5. The number of likely N-dealkylation sites (N-methyl/N-ethyl adjacent to an activating group) is 1. The molecule has 2 N–H and O–H groups in total. The van der Waals surface area contributed by atoms with Gasteiger partial charge in [0.2, 0.25) is 0 Å². The van der Waals surface area contributed by atoms with Crippen molar-refractivity contribution >= 4 is 23.2 Å². The number of hydrogen-bond acceptors (Lipinski definition) is 6. The SMILES string of the molecule is C[C@@H](NC(=O)C(=O)NCCN(C)C)[C@H](c1cccs1)N1CCN(Cc2ccccc2)CC1. The normalized spacial score (nSPS) is 17.1. The summed E-state index contributed by atoms with van der Waals surface area (Å²) >= 11 is 1.70. The van der Waals surface area contributed by atoms with Crippen molar-refractivity contribution in [2.75, 3.05) is 53.4 Å². The third-order valence-electron chi connectivity index (χ3n) is 5.77. The van der Waals surface area contributed by atoms with Crippen LogP contribution in [0.25, 0.3) is 0 Å². The second-order valence-corrected chi connectivity index (χ2v) is 9.56. The number of rotatable bonds is 9. The molecule has 2 atom stereocenters. The lowest BCUT2D eigenvalue weighted by Gasteiger charge is -2.41. The van der Waals surface area contributed by atoms with E-state index in [2.05, 4.69) is 56.1 Å². The van der Waals surface area contributed by atoms with Gasteiger partial charge in [-0.1, -0.05) is 36.4 Å². The first-order valence-corrected chi connectivity index (χ1v) is 12.1. The van der Waals surface area contributed by atoms with Crippen molar-refractivity contribution in [1.82, 2.24) is 25.3 Å². The lowest BCUT2D eigenvalue weighted by atomic mass is 10.0. The summed E-state index contributed by atoms with van der Waals surface area (Å²) in [6.45, 7) is 7.88. The van der Waals surface area contributed by atoms with Crippen molar-refractivity contribution in [2.24, 2.45) is 0 Å². The molecule has 1 aromatic carbocycles. The van der Waals surface area contributed by atoms with Crippen molar-refractivity contribution in [2.45, 2.75) is 25.6 Å². The molecule has 32 heavy (non-hydrogen) atoms. The van der Waals surface area contributed by atoms with Crippen molar-refractivity contribution in [3.05, 3.63) is 58.3 Å². The average molecular weight is 458 g/mol. The minimum absolute atomic E-state index is 0.0485. The molecule has 8 heteroatoms. The molecule has 1 aromatic heterocycles. The summed E-state index contributed by atoms with van der Waals surface area (Å²) in [6.07, 6.45) is 0. The Hall–Kier alpha value is -2.26. The summed E-state index contributed by atoms with van der Waals surface area (Å²) in [5, 5.41) is 7.70. The van der Waals surface area contributed by atoms with E-state index in [-0.39, 0.29) is 12.1 Å². The van der Waals surface area contributed by atoms with Crippen LogP contribution in [0.4, 0.5) is 0 Å². The van der Waals surface area contributed by atoms with Crippen molar-refractivity contribution in [3.63, 3.8) is 0 Å². The number of amides is 2. The molecular formula is C24H35N5O2S. The minimum atomic E-state index is -0.573. The van der Waals surface area contributed by atoms with Gasteiger partial charge in [0.05, 0.1) is 6.04 Å². The molecule has 1 saturated heterocycles. The monoisotopic (exact) mass is 457 g/mol. The van der Waals surface area contributed by atoms with Crippen LogP contribution in [0.5, 0.6) is 0 Å². The van der Waals surface area contributed by atoms with E-state index >= 15 is 0 Å². The molecule has 0 unspecified atom stereocenters. The van der Waals surface area contributed by atoms with Crippen LogP contribution in [0, 0.1) is 0 Å². The molecule has 7 nitrogen and oxygen atoms in total. The van der Waals surface area contributed by atoms with Gasteiger partial charge in [0.25, 0.3) is 0 Å². The molecule has 3 rings (SSSR count). The Morgan fingerprint density at radius 2 is 1.75 bits per heavy atom. The average Bonchev–Trinajstić information content (AvgIpc) is 3.29. The van der Waals surface area contributed by atoms with Crippen LogP contribution in [0.1, 0.15) is 23.4 Å². The fourth-order valence-electron chi connectivity index (χ4n) is 4.07. The fraction of sp³-hybridized carbons (Fsp3) is 0.500. The highest BCUT2D eigenvalue weighted by atomic mass is 32.1. The zero-order valence-corrected chi connectivity index (χ0v) is 20.1. The zero-order chi connectivity index (χ0) is 22.9. The lowest BCUT2D eigenvalue weighted by Crippen LogP contribution is -2.53. The minimum Gasteiger partial charge on any atom is -0.347 e. The topological polar surface area (TPSA) is 67.9 Å². The first-order chi connectivity index (χ1) is 15.4. The third kappa shape index (κ3) is 7.13. The predicted octanol–water partition coefficient (Wildman–Crippen LogP) is 1.79. The molecule has 2 amide bonds. The molecule has 2 heterocycles. The highest BCUT2D eigenvalue weighted by Gasteiger charge is 2.31. The number of piperazine rings is 1. The van der Waals surface area contributed by atoms with Crippen LogP contribution in [0.2, 0.25) is 0 Å². The van der Waals surface area contributed by atoms with Gasteiger partial charge in [-0.3, -0.25) is 19.4 Å². The Labute approximate surface area is 195 Å². The molecule has 0 spiro atoms. The maximum Gasteiger partial charge on any atom is 0.309 e. The van der Waals surface area contributed by atoms with Crippen LogP contribution in [0.15, 0.2) is 47.8 Å². The number of benzene rings is 1. The van der Waals surface area contributed by atoms with E-state index in [0.717, 1.165) is 32.7 Å². The van der Waals surface area contributed by atoms with Gasteiger partial charge in [-0.25, -0.2) is 0 Å². The summed E-state index contributed by atoms with van der Waals surface area (Å²) in [5.41, 5.74) is 1.33. The number of hydrogen-bond donors (Lipinski definition) is 2. The van der Waals surface area contributed by atoms with Crippen LogP contribution < -0.4 is 10.6 Å². The van der Waals surface area contributed by atoms with Crippen LogP contribution >= 0.6 is 11.3 Å². The summed E-state index contributed by atoms with van der Waals surface area (Å²) in [7, 11) is 3.86. The molecule has 1 aliphatic rings. The maximum atomic E-state index is 12.5. The Kier molecular flexibility index (Phi) is 9.23. The van der Waals surface area contributed by atoms with Crippen LogP contribution in [-0.4, -0.2) is 85.9 Å². The molecule has 174 valence electrons. The van der Waals surface area contributed by atoms with Crippen molar-refractivity contribution < 1.29 is 9.59 Å².